The first kappa shape index (κ1) is 107. The number of β-amino-alcohol motifs (C(OH)–C–C–N with tert-alkyl or cyclic N) is 1. The number of imidazole rings is 1. The Balaban J connectivity index is 1.21. The van der Waals surface area contributed by atoms with Crippen LogP contribution in [0.3, 0.4) is 0 Å². The summed E-state index contributed by atoms with van der Waals surface area (Å²) in [6.45, 7) is 4.26. The van der Waals surface area contributed by atoms with E-state index >= 15 is 33.6 Å². The highest BCUT2D eigenvalue weighted by Crippen LogP contribution is 2.27. The Kier molecular flexibility index (Phi) is 40.8. The number of nitrogens with one attached hydrogen (secondary N) is 13. The number of nitrogens with zero attached hydrogens (tertiary/aromatic N) is 6. The predicted octanol–water partition coefficient (Wildman–Crippen LogP) is -3.14. The molecule has 734 valence electrons. The Morgan fingerprint density at radius 3 is 1.69 bits per heavy atom. The largest absolute Gasteiger partial charge is 0.508 e. The predicted molar refractivity (Wildman–Crippen MR) is 493 cm³/mol. The average Bonchev–Trinajstić information content (AvgIpc) is 1.73. The smallest absolute Gasteiger partial charge is 0.303 e. The normalized spacial score (nSPS) is 23.8. The van der Waals surface area contributed by atoms with Crippen molar-refractivity contribution in [2.75, 3.05) is 72.0 Å². The molecule has 2 aliphatic heterocycles. The number of H-pyrrole nitrogens is 3. The number of phenolic OH excluding ortho intramolecular Hbond substituents is 1. The molecule has 0 unspecified atom stereocenters. The van der Waals surface area contributed by atoms with E-state index in [1.165, 1.54) is 74.7 Å². The minimum atomic E-state index is -1.95. The maximum Gasteiger partial charge on any atom is 0.303 e. The minimum absolute atomic E-state index is 0.0156. The van der Waals surface area contributed by atoms with E-state index in [2.05, 4.69) is 73.1 Å². The molecule has 14 atom stereocenters. The molecule has 0 bridgehead atoms. The first-order valence-corrected chi connectivity index (χ1v) is 46.0. The highest BCUT2D eigenvalue weighted by molar-refractivity contribution is 8.00. The van der Waals surface area contributed by atoms with Gasteiger partial charge in [-0.05, 0) is 92.4 Å². The monoisotopic (exact) mass is 1900 g/mol. The fraction of sp³-hybridized carbons (Fsp3) is 0.522. The molecule has 0 saturated carbocycles. The molecule has 0 aliphatic carbocycles. The number of rotatable bonds is 28. The molecule has 5 heterocycles. The lowest BCUT2D eigenvalue weighted by Crippen LogP contribution is -2.61. The van der Waals surface area contributed by atoms with Gasteiger partial charge in [0.25, 0.3) is 0 Å². The van der Waals surface area contributed by atoms with Gasteiger partial charge >= 0.3 is 5.97 Å². The second kappa shape index (κ2) is 51.6. The number of aromatic amines is 3. The van der Waals surface area contributed by atoms with E-state index in [1.54, 1.807) is 74.8 Å². The van der Waals surface area contributed by atoms with Crippen LogP contribution < -0.4 is 70.4 Å². The third kappa shape index (κ3) is 31.0. The van der Waals surface area contributed by atoms with Crippen LogP contribution in [-0.4, -0.2) is 328 Å². The van der Waals surface area contributed by atoms with Gasteiger partial charge in [-0.25, -0.2) is 4.98 Å². The van der Waals surface area contributed by atoms with Crippen LogP contribution in [0.4, 0.5) is 0 Å². The lowest BCUT2D eigenvalue weighted by molar-refractivity contribution is -0.149. The minimum Gasteiger partial charge on any atom is -0.508 e. The van der Waals surface area contributed by atoms with E-state index in [0.29, 0.717) is 69.1 Å². The lowest BCUT2D eigenvalue weighted by Gasteiger charge is -2.36. The zero-order valence-electron chi connectivity index (χ0n) is 76.8. The Bertz CT molecular complexity index is 5170. The molecule has 135 heavy (non-hydrogen) atoms. The van der Waals surface area contributed by atoms with Gasteiger partial charge in [-0.3, -0.25) is 86.3 Å². The molecule has 45 heteroatoms. The summed E-state index contributed by atoms with van der Waals surface area (Å²) in [7, 11) is 3.91. The first-order valence-electron chi connectivity index (χ1n) is 44.8. The Hall–Kier alpha value is -13.6. The number of unbranched alkanes of at least 4 members (excludes halogenated alkanes) is 2. The van der Waals surface area contributed by atoms with Crippen LogP contribution in [0, 0.1) is 5.92 Å². The van der Waals surface area contributed by atoms with Crippen molar-refractivity contribution in [3.8, 4) is 5.75 Å². The number of aliphatic hydroxyl groups is 2. The molecule has 3 aromatic carbocycles. The number of fused-ring (bicyclic) bond motifs is 3. The number of aliphatic hydroxyl groups excluding tert-OH is 2. The van der Waals surface area contributed by atoms with Crippen LogP contribution in [0.25, 0.3) is 21.8 Å². The number of carbonyl (C=O) groups excluding carboxylic acids is 17. The number of nitrogens with two attached hydrogens (primary N) is 3. The summed E-state index contributed by atoms with van der Waals surface area (Å²) in [6, 6.07) is -1.38. The lowest BCUT2D eigenvalue weighted by atomic mass is 9.99. The average molecular weight is 1900 g/mol. The molecule has 23 N–H and O–H groups in total. The topological polar surface area (TPSA) is 663 Å². The van der Waals surface area contributed by atoms with Crippen molar-refractivity contribution in [2.45, 2.75) is 222 Å². The van der Waals surface area contributed by atoms with Crippen LogP contribution in [0.2, 0.25) is 0 Å². The number of phenols is 1. The van der Waals surface area contributed by atoms with Crippen molar-refractivity contribution >= 4 is 140 Å². The van der Waals surface area contributed by atoms with E-state index in [0.717, 1.165) is 21.6 Å². The molecule has 0 spiro atoms. The van der Waals surface area contributed by atoms with Crippen molar-refractivity contribution in [1.82, 2.24) is 97.6 Å². The second-order valence-electron chi connectivity index (χ2n) is 34.2. The number of aliphatic carboxylic acids is 1. The Morgan fingerprint density at radius 1 is 0.563 bits per heavy atom. The number of hydrogen-bond acceptors (Lipinski definition) is 24. The number of primary amides is 2. The standard InChI is InChI=1S/C90H126N22O22S/c1-9-11-21-70-84(128)103-63(33-49(3)4)81(125)107-69(79(123)97-43-74(93)117)46-135-47-76(119)100-66(34-51-23-25-55(114)26-24-51)86(130)108(6)50(5)78(122)105-68(39-73(92)116)88(132)111(31-32-113)45-75(118)99-65(37-54-42-94-48-98-54)83(127)102-62(27-28-77(120)121)89(133)112-44-56(115)38-72(112)85(129)104-64(35-52-40-95-59-19-15-13-17-57(52)59)82(126)101-61(29-30-91)80(124)106-67(36-53-41-96-60-20-16-14-18-58(53)60)87(131)110(8)71(22-12-10-2)90(134)109(70)7/h13-20,23-26,40-42,48-50,56,61-72,95-96,113-115H,9-12,21-22,27-39,43-47,91H2,1-8H3,(H2,92,116)(H2,93,117)(H,94,98)(H,97,123)(H,99,118)(H,100,119)(H,101,126)(H,102,127)(H,103,128)(H,104,129)(H,105,122)(H,106,124)(H,107,125)(H,120,121)/t50-,56+,61-,62-,63-,64-,65-,66-,67-,68-,69-,70-,71-,72-/m0/s1. The Morgan fingerprint density at radius 2 is 1.10 bits per heavy atom. The molecule has 17 amide bonds. The summed E-state index contributed by atoms with van der Waals surface area (Å²) in [5.41, 5.74) is 20.1. The van der Waals surface area contributed by atoms with E-state index < -0.39 is 267 Å². The molecule has 0 radical (unpaired) electrons. The highest BCUT2D eigenvalue weighted by atomic mass is 32.2. The SMILES string of the molecule is CCCC[C@H]1C(=O)N(C)[C@@H](CCCC)C(=O)N[C@@H](CC(C)C)C(=O)N[C@H](C(=O)NCC(N)=O)CSCC(=O)N[C@@H](Cc2ccc(O)cc2)C(=O)N(C)[C@@H](C)C(=O)N[C@@H](CC(N)=O)C(=O)N(CCO)CC(=O)N[C@@H](Cc2cnc[nH]2)C(=O)N[C@@H](CCC(=O)O)C(=O)N2C[C@H](O)C[C@H]2C(=O)N[C@@H](Cc2c[nH]c3ccccc23)C(=O)N[C@@H](CCN)C(=O)N[C@@H](Cc2c[nH]c3ccccc23)C(=O)N1C. The molecular formula is C90H126N22O22S. The number of carbonyl (C=O) groups is 18. The summed E-state index contributed by atoms with van der Waals surface area (Å²) >= 11 is 0.769. The molecule has 2 aliphatic rings. The maximum absolute atomic E-state index is 15.8. The second-order valence-corrected chi connectivity index (χ2v) is 35.2. The fourth-order valence-corrected chi connectivity index (χ4v) is 16.9. The van der Waals surface area contributed by atoms with Gasteiger partial charge in [0.05, 0.1) is 44.3 Å². The fourth-order valence-electron chi connectivity index (χ4n) is 16.0. The van der Waals surface area contributed by atoms with Crippen LogP contribution >= 0.6 is 11.8 Å². The third-order valence-corrected chi connectivity index (χ3v) is 24.5. The van der Waals surface area contributed by atoms with Gasteiger partial charge in [0.2, 0.25) is 100 Å². The number of aromatic hydroxyl groups is 1. The summed E-state index contributed by atoms with van der Waals surface area (Å²) in [6.07, 6.45) is 1.39. The molecule has 2 saturated heterocycles. The number of aromatic nitrogens is 4. The molecule has 6 aromatic rings. The molecule has 2 fully saturated rings. The molecule has 3 aromatic heterocycles. The summed E-state index contributed by atoms with van der Waals surface area (Å²) < 4.78 is 0. The number of likely N-dealkylation sites (N-methyl/N-ethyl adjacent to an activating group) is 3. The van der Waals surface area contributed by atoms with Crippen molar-refractivity contribution in [3.63, 3.8) is 0 Å². The van der Waals surface area contributed by atoms with E-state index in [-0.39, 0.29) is 68.9 Å². The van der Waals surface area contributed by atoms with E-state index in [1.807, 2.05) is 13.8 Å². The summed E-state index contributed by atoms with van der Waals surface area (Å²) in [5.74, 6) is -19.9. The van der Waals surface area contributed by atoms with Gasteiger partial charge in [0, 0.05) is 125 Å². The van der Waals surface area contributed by atoms with Gasteiger partial charge in [0.1, 0.15) is 84.3 Å². The number of carboxylic acids is 1. The number of para-hydroxylation sites is 2. The van der Waals surface area contributed by atoms with Crippen LogP contribution in [0.15, 0.2) is 97.7 Å². The third-order valence-electron chi connectivity index (χ3n) is 23.5. The number of hydrogen-bond donors (Lipinski definition) is 20. The number of thioether (sulfide) groups is 1. The van der Waals surface area contributed by atoms with Crippen molar-refractivity contribution in [2.24, 2.45) is 23.1 Å². The zero-order chi connectivity index (χ0) is 99.0. The van der Waals surface area contributed by atoms with Gasteiger partial charge in [0.15, 0.2) is 0 Å². The maximum atomic E-state index is 15.8. The number of benzene rings is 3. The number of amides is 17. The van der Waals surface area contributed by atoms with E-state index in [9.17, 15) is 73.2 Å². The first-order chi connectivity index (χ1) is 64.2. The van der Waals surface area contributed by atoms with Crippen LogP contribution in [0.1, 0.15) is 134 Å². The molecular weight excluding hydrogens is 1770 g/mol. The summed E-state index contributed by atoms with van der Waals surface area (Å²) in [5, 5.41) is 69.4. The quantitative estimate of drug-likeness (QED) is 0.0231. The summed E-state index contributed by atoms with van der Waals surface area (Å²) in [4.78, 5) is 280. The van der Waals surface area contributed by atoms with Gasteiger partial charge < -0.3 is 130 Å². The highest BCUT2D eigenvalue weighted by Gasteiger charge is 2.46. The van der Waals surface area contributed by atoms with Crippen LogP contribution in [0.5, 0.6) is 5.75 Å². The van der Waals surface area contributed by atoms with Crippen molar-refractivity contribution < 1.29 is 107 Å². The Labute approximate surface area is 783 Å². The van der Waals surface area contributed by atoms with Crippen molar-refractivity contribution in [3.05, 3.63) is 120 Å². The zero-order valence-corrected chi connectivity index (χ0v) is 77.6. The van der Waals surface area contributed by atoms with Gasteiger partial charge in [-0.15, -0.1) is 11.8 Å². The van der Waals surface area contributed by atoms with Gasteiger partial charge in [-0.2, -0.15) is 0 Å². The van der Waals surface area contributed by atoms with Crippen LogP contribution in [-0.2, 0) is 112 Å². The van der Waals surface area contributed by atoms with Crippen molar-refractivity contribution in [1.29, 1.82) is 0 Å². The van der Waals surface area contributed by atoms with Gasteiger partial charge in [-0.1, -0.05) is 102 Å². The number of carboxylic acid groups (broad SMARTS) is 1. The molecule has 8 rings (SSSR count). The molecule has 44 nitrogen and oxygen atoms in total. The van der Waals surface area contributed by atoms with E-state index in [4.69, 9.17) is 17.2 Å².